The van der Waals surface area contributed by atoms with Gasteiger partial charge in [0.25, 0.3) is 0 Å². The molecular weight excluding hydrogens is 745 g/mol. The Hall–Kier alpha value is -5.44. The number of methoxy groups -OCH3 is 2. The van der Waals surface area contributed by atoms with Crippen molar-refractivity contribution >= 4 is 56.7 Å². The van der Waals surface area contributed by atoms with E-state index in [1.54, 1.807) is 11.3 Å². The number of aromatic nitrogens is 4. The van der Waals surface area contributed by atoms with Crippen LogP contribution in [0.5, 0.6) is 0 Å². The quantitative estimate of drug-likeness (QED) is 0.112. The Morgan fingerprint density at radius 2 is 1.35 bits per heavy atom. The van der Waals surface area contributed by atoms with E-state index < -0.39 is 24.3 Å². The number of imidazole rings is 2. The molecule has 0 aliphatic carbocycles. The van der Waals surface area contributed by atoms with E-state index in [1.807, 2.05) is 50.5 Å². The van der Waals surface area contributed by atoms with Gasteiger partial charge in [-0.05, 0) is 78.8 Å². The van der Waals surface area contributed by atoms with Gasteiger partial charge in [-0.15, -0.1) is 11.3 Å². The maximum atomic E-state index is 13.8. The second-order valence-electron chi connectivity index (χ2n) is 16.1. The van der Waals surface area contributed by atoms with Crippen molar-refractivity contribution in [1.29, 1.82) is 0 Å². The fraction of sp³-hybridized carbons (Fsp3) is 0.476. The maximum Gasteiger partial charge on any atom is 0.407 e. The van der Waals surface area contributed by atoms with Crippen LogP contribution in [0.4, 0.5) is 9.59 Å². The number of nitrogens with zero attached hydrogens (tertiary/aromatic N) is 4. The topological polar surface area (TPSA) is 175 Å². The number of carbonyl (C=O) groups is 4. The lowest BCUT2D eigenvalue weighted by Crippen LogP contribution is -2.52. The zero-order chi connectivity index (χ0) is 40.7. The Bertz CT molecular complexity index is 2250. The molecule has 2 saturated heterocycles. The summed E-state index contributed by atoms with van der Waals surface area (Å²) in [5, 5.41) is 5.44. The molecule has 4 amide bonds. The number of likely N-dealkylation sites (tertiary alicyclic amines) is 2. The molecule has 0 spiro atoms. The van der Waals surface area contributed by atoms with Gasteiger partial charge in [0.05, 0.1) is 42.9 Å². The molecule has 0 bridgehead atoms. The zero-order valence-electron chi connectivity index (χ0n) is 33.7. The van der Waals surface area contributed by atoms with Crippen LogP contribution in [0, 0.1) is 17.8 Å². The Morgan fingerprint density at radius 3 is 1.98 bits per heavy atom. The second kappa shape index (κ2) is 16.2. The van der Waals surface area contributed by atoms with Crippen LogP contribution in [0.25, 0.3) is 42.9 Å². The van der Waals surface area contributed by atoms with E-state index in [9.17, 15) is 19.2 Å². The van der Waals surface area contributed by atoms with Crippen molar-refractivity contribution in [1.82, 2.24) is 40.4 Å². The normalized spacial score (nSPS) is 20.7. The predicted molar refractivity (Wildman–Crippen MR) is 219 cm³/mol. The number of amides is 4. The van der Waals surface area contributed by atoms with Gasteiger partial charge in [0.15, 0.2) is 0 Å². The first-order valence-electron chi connectivity index (χ1n) is 19.7. The highest BCUT2D eigenvalue weighted by Crippen LogP contribution is 2.40. The van der Waals surface area contributed by atoms with Gasteiger partial charge < -0.3 is 39.9 Å². The Labute approximate surface area is 336 Å². The number of rotatable bonds is 10. The van der Waals surface area contributed by atoms with Gasteiger partial charge in [0.2, 0.25) is 11.8 Å². The predicted octanol–water partition coefficient (Wildman–Crippen LogP) is 7.56. The van der Waals surface area contributed by atoms with Crippen molar-refractivity contribution < 1.29 is 28.7 Å². The van der Waals surface area contributed by atoms with Gasteiger partial charge >= 0.3 is 12.2 Å². The Kier molecular flexibility index (Phi) is 11.3. The SMILES string of the molecule is COC(=O)NC(C(=O)N1C[C@@H](C)C[C@H]1c1nc2sc(-c3ccc(-c4ccc5nc([C@@H]6CC[C@H](C)N6C(=O)[C@@H](NC(=O)OC)C(C)C)[nH]c5c4)cc3)cc2[nH]1)C(C)C. The summed E-state index contributed by atoms with van der Waals surface area (Å²) < 4.78 is 9.58. The molecule has 5 heterocycles. The van der Waals surface area contributed by atoms with Crippen LogP contribution in [0.2, 0.25) is 0 Å². The highest BCUT2D eigenvalue weighted by molar-refractivity contribution is 7.21. The van der Waals surface area contributed by atoms with Crippen LogP contribution in [0.1, 0.15) is 84.5 Å². The molecule has 14 nitrogen and oxygen atoms in total. The van der Waals surface area contributed by atoms with Crippen molar-refractivity contribution in [3.63, 3.8) is 0 Å². The van der Waals surface area contributed by atoms with Crippen molar-refractivity contribution in [2.45, 2.75) is 91.0 Å². The summed E-state index contributed by atoms with van der Waals surface area (Å²) in [6, 6.07) is 14.8. The molecule has 2 fully saturated rings. The number of hydrogen-bond acceptors (Lipinski definition) is 9. The molecule has 7 rings (SSSR count). The number of carbonyl (C=O) groups excluding carboxylic acids is 4. The van der Waals surface area contributed by atoms with Crippen LogP contribution < -0.4 is 10.6 Å². The lowest BCUT2D eigenvalue weighted by Gasteiger charge is -2.32. The number of ether oxygens (including phenoxy) is 2. The molecular formula is C42H52N8O6S. The molecule has 6 atom stereocenters. The summed E-state index contributed by atoms with van der Waals surface area (Å²) in [7, 11) is 2.59. The first-order chi connectivity index (χ1) is 27.3. The molecule has 2 aliphatic heterocycles. The molecule has 4 N–H and O–H groups in total. The first-order valence-corrected chi connectivity index (χ1v) is 20.5. The molecule has 2 aliphatic rings. The van der Waals surface area contributed by atoms with E-state index in [0.29, 0.717) is 6.54 Å². The van der Waals surface area contributed by atoms with Crippen molar-refractivity contribution in [2.75, 3.05) is 20.8 Å². The maximum absolute atomic E-state index is 13.8. The molecule has 0 saturated carbocycles. The lowest BCUT2D eigenvalue weighted by molar-refractivity contribution is -0.137. The minimum Gasteiger partial charge on any atom is -0.453 e. The van der Waals surface area contributed by atoms with Crippen LogP contribution in [-0.4, -0.2) is 92.6 Å². The van der Waals surface area contributed by atoms with Gasteiger partial charge in [-0.2, -0.15) is 0 Å². The molecule has 1 unspecified atom stereocenters. The van der Waals surface area contributed by atoms with E-state index in [4.69, 9.17) is 19.4 Å². The molecule has 0 radical (unpaired) electrons. The van der Waals surface area contributed by atoms with Crippen LogP contribution in [0.15, 0.2) is 48.5 Å². The highest BCUT2D eigenvalue weighted by Gasteiger charge is 2.42. The number of thiophene rings is 1. The van der Waals surface area contributed by atoms with Crippen LogP contribution in [0.3, 0.4) is 0 Å². The van der Waals surface area contributed by atoms with E-state index in [1.165, 1.54) is 14.2 Å². The van der Waals surface area contributed by atoms with E-state index >= 15 is 0 Å². The summed E-state index contributed by atoms with van der Waals surface area (Å²) in [5.74, 6) is 1.28. The molecule has 57 heavy (non-hydrogen) atoms. The smallest absolute Gasteiger partial charge is 0.407 e. The third-order valence-electron chi connectivity index (χ3n) is 11.3. The Balaban J connectivity index is 1.06. The van der Waals surface area contributed by atoms with E-state index in [2.05, 4.69) is 70.0 Å². The van der Waals surface area contributed by atoms with Crippen molar-refractivity contribution in [2.24, 2.45) is 17.8 Å². The van der Waals surface area contributed by atoms with Gasteiger partial charge in [0, 0.05) is 17.5 Å². The minimum absolute atomic E-state index is 0.00219. The molecule has 2 aromatic carbocycles. The van der Waals surface area contributed by atoms with Crippen LogP contribution >= 0.6 is 11.3 Å². The summed E-state index contributed by atoms with van der Waals surface area (Å²) in [6.45, 7) is 12.4. The number of fused-ring (bicyclic) bond motifs is 2. The second-order valence-corrected chi connectivity index (χ2v) is 17.2. The minimum atomic E-state index is -0.706. The van der Waals surface area contributed by atoms with E-state index in [0.717, 1.165) is 73.9 Å². The first kappa shape index (κ1) is 39.8. The average Bonchev–Trinajstić information content (AvgIpc) is 4.02. The largest absolute Gasteiger partial charge is 0.453 e. The standard InChI is InChI=1S/C42H52N8O6S/c1-21(2)34(46-41(53)55-7)39(51)49-20-23(5)17-32(49)37-45-30-19-33(57-38(30)48-37)26-12-10-25(11-13-26)27-14-15-28-29(18-27)44-36(43-28)31-16-9-24(6)50(31)40(52)35(22(3)4)47-42(54)56-8/h10-15,18-19,21-24,31-32,34-35H,9,16-17,20H2,1-8H3,(H,43,44)(H,45,48)(H,46,53)(H,47,54)/t23-,24-,31-,32-,34?,35-/m0/s1. The van der Waals surface area contributed by atoms with Gasteiger partial charge in [-0.3, -0.25) is 9.59 Å². The molecule has 302 valence electrons. The highest BCUT2D eigenvalue weighted by atomic mass is 32.1. The summed E-state index contributed by atoms with van der Waals surface area (Å²) in [6.07, 6.45) is 1.14. The number of hydrogen-bond donors (Lipinski definition) is 4. The lowest BCUT2D eigenvalue weighted by atomic mass is 10.0. The number of benzene rings is 2. The summed E-state index contributed by atoms with van der Waals surface area (Å²) in [5.41, 5.74) is 5.80. The molecule has 3 aromatic heterocycles. The van der Waals surface area contributed by atoms with Crippen molar-refractivity contribution in [3.8, 4) is 21.6 Å². The fourth-order valence-electron chi connectivity index (χ4n) is 8.23. The summed E-state index contributed by atoms with van der Waals surface area (Å²) in [4.78, 5) is 74.2. The van der Waals surface area contributed by atoms with Gasteiger partial charge in [0.1, 0.15) is 28.6 Å². The zero-order valence-corrected chi connectivity index (χ0v) is 34.5. The fourth-order valence-corrected chi connectivity index (χ4v) is 9.24. The van der Waals surface area contributed by atoms with Crippen LogP contribution in [-0.2, 0) is 19.1 Å². The third kappa shape index (κ3) is 7.94. The van der Waals surface area contributed by atoms with Crippen molar-refractivity contribution in [3.05, 3.63) is 60.2 Å². The Morgan fingerprint density at radius 1 is 0.754 bits per heavy atom. The average molecular weight is 797 g/mol. The third-order valence-corrected chi connectivity index (χ3v) is 12.4. The molecule has 15 heteroatoms. The summed E-state index contributed by atoms with van der Waals surface area (Å²) >= 11 is 1.60. The van der Waals surface area contributed by atoms with Gasteiger partial charge in [-0.25, -0.2) is 19.6 Å². The number of nitrogens with one attached hydrogen (secondary N) is 4. The number of alkyl carbamates (subject to hydrolysis) is 2. The number of aromatic amines is 2. The van der Waals surface area contributed by atoms with Gasteiger partial charge in [-0.1, -0.05) is 65.0 Å². The van der Waals surface area contributed by atoms with E-state index in [-0.39, 0.29) is 47.7 Å². The monoisotopic (exact) mass is 796 g/mol. The number of H-pyrrole nitrogens is 2. The molecule has 5 aromatic rings.